The Bertz CT molecular complexity index is 763. The van der Waals surface area contributed by atoms with Gasteiger partial charge in [0.05, 0.1) is 6.61 Å². The molecule has 2 N–H and O–H groups in total. The number of nitrogens with one attached hydrogen (secondary N) is 1. The molecule has 0 saturated heterocycles. The molecule has 2 aromatic rings. The van der Waals surface area contributed by atoms with Gasteiger partial charge in [0.15, 0.2) is 0 Å². The molecule has 150 valence electrons. The van der Waals surface area contributed by atoms with Crippen LogP contribution in [0.1, 0.15) is 25.0 Å². The normalized spacial score (nSPS) is 11.9. The first-order valence-electron chi connectivity index (χ1n) is 9.39. The number of hydrogen-bond donors (Lipinski definition) is 2. The van der Waals surface area contributed by atoms with E-state index in [4.69, 9.17) is 16.7 Å². The Labute approximate surface area is 171 Å². The summed E-state index contributed by atoms with van der Waals surface area (Å²) in [5.74, 6) is -0.632. The lowest BCUT2D eigenvalue weighted by molar-refractivity contribution is -0.143. The van der Waals surface area contributed by atoms with Crippen LogP contribution in [-0.2, 0) is 22.6 Å². The molecule has 0 saturated carbocycles. The predicted octanol–water partition coefficient (Wildman–Crippen LogP) is 3.04. The predicted molar refractivity (Wildman–Crippen MR) is 111 cm³/mol. The summed E-state index contributed by atoms with van der Waals surface area (Å²) in [7, 11) is 0. The fraction of sp³-hybridized carbons (Fsp3) is 0.364. The molecule has 2 amide bonds. The number of rotatable bonds is 9. The number of nitrogens with zero attached hydrogens (tertiary/aromatic N) is 1. The van der Waals surface area contributed by atoms with E-state index in [1.165, 1.54) is 0 Å². The molecule has 0 fully saturated rings. The van der Waals surface area contributed by atoms with Gasteiger partial charge in [-0.25, -0.2) is 0 Å². The van der Waals surface area contributed by atoms with E-state index < -0.39 is 6.04 Å². The molecule has 0 unspecified atom stereocenters. The Morgan fingerprint density at radius 1 is 1.04 bits per heavy atom. The Kier molecular flexibility index (Phi) is 8.48. The van der Waals surface area contributed by atoms with Crippen molar-refractivity contribution in [2.24, 2.45) is 5.92 Å². The van der Waals surface area contributed by atoms with Gasteiger partial charge in [-0.3, -0.25) is 9.59 Å². The number of benzene rings is 2. The van der Waals surface area contributed by atoms with Gasteiger partial charge in [0.1, 0.15) is 6.04 Å². The van der Waals surface area contributed by atoms with Crippen molar-refractivity contribution in [2.45, 2.75) is 32.9 Å². The molecule has 0 aromatic heterocycles. The fourth-order valence-corrected chi connectivity index (χ4v) is 3.06. The first kappa shape index (κ1) is 21.9. The van der Waals surface area contributed by atoms with Gasteiger partial charge in [-0.05, 0) is 23.3 Å². The zero-order valence-corrected chi connectivity index (χ0v) is 17.0. The van der Waals surface area contributed by atoms with Crippen LogP contribution in [0.2, 0.25) is 5.02 Å². The zero-order chi connectivity index (χ0) is 20.5. The molecule has 28 heavy (non-hydrogen) atoms. The highest BCUT2D eigenvalue weighted by molar-refractivity contribution is 6.30. The molecule has 2 rings (SSSR count). The van der Waals surface area contributed by atoms with Crippen molar-refractivity contribution in [2.75, 3.05) is 13.2 Å². The largest absolute Gasteiger partial charge is 0.395 e. The summed E-state index contributed by atoms with van der Waals surface area (Å²) in [5.41, 5.74) is 1.86. The van der Waals surface area contributed by atoms with Crippen LogP contribution in [0, 0.1) is 5.92 Å². The lowest BCUT2D eigenvalue weighted by Gasteiger charge is -2.32. The lowest BCUT2D eigenvalue weighted by atomic mass is 10.0. The Morgan fingerprint density at radius 3 is 2.25 bits per heavy atom. The van der Waals surface area contributed by atoms with Crippen molar-refractivity contribution in [1.82, 2.24) is 10.2 Å². The highest BCUT2D eigenvalue weighted by atomic mass is 35.5. The minimum absolute atomic E-state index is 0.102. The standard InChI is InChI=1S/C22H27ClN2O3/c1-16(2)22(28)25(15-18-8-10-19(23)11-9-18)20(21(27)24-12-13-26)14-17-6-4-3-5-7-17/h3-11,16,20,26H,12-15H2,1-2H3,(H,24,27)/t20-/m0/s1. The molecule has 0 radical (unpaired) electrons. The SMILES string of the molecule is CC(C)C(=O)N(Cc1ccc(Cl)cc1)[C@@H](Cc1ccccc1)C(=O)NCCO. The van der Waals surface area contributed by atoms with Crippen LogP contribution in [0.25, 0.3) is 0 Å². The number of halogens is 1. The van der Waals surface area contributed by atoms with E-state index in [2.05, 4.69) is 5.32 Å². The maximum atomic E-state index is 13.0. The van der Waals surface area contributed by atoms with E-state index >= 15 is 0 Å². The molecule has 5 nitrogen and oxygen atoms in total. The number of amides is 2. The summed E-state index contributed by atoms with van der Waals surface area (Å²) in [4.78, 5) is 27.5. The van der Waals surface area contributed by atoms with Gasteiger partial charge in [-0.1, -0.05) is 67.9 Å². The molecule has 0 aliphatic rings. The molecule has 6 heteroatoms. The maximum absolute atomic E-state index is 13.0. The van der Waals surface area contributed by atoms with Crippen LogP contribution in [0.15, 0.2) is 54.6 Å². The number of carbonyl (C=O) groups excluding carboxylic acids is 2. The van der Waals surface area contributed by atoms with Crippen LogP contribution in [-0.4, -0.2) is 41.0 Å². The second-order valence-corrected chi connectivity index (χ2v) is 7.40. The topological polar surface area (TPSA) is 69.6 Å². The molecule has 0 bridgehead atoms. The fourth-order valence-electron chi connectivity index (χ4n) is 2.94. The zero-order valence-electron chi connectivity index (χ0n) is 16.3. The molecular weight excluding hydrogens is 376 g/mol. The van der Waals surface area contributed by atoms with E-state index in [0.717, 1.165) is 11.1 Å². The van der Waals surface area contributed by atoms with Gasteiger partial charge >= 0.3 is 0 Å². The third kappa shape index (κ3) is 6.36. The molecular formula is C22H27ClN2O3. The minimum atomic E-state index is -0.681. The molecule has 0 aliphatic carbocycles. The minimum Gasteiger partial charge on any atom is -0.395 e. The van der Waals surface area contributed by atoms with Crippen molar-refractivity contribution < 1.29 is 14.7 Å². The van der Waals surface area contributed by atoms with E-state index in [1.54, 1.807) is 17.0 Å². The average molecular weight is 403 g/mol. The highest BCUT2D eigenvalue weighted by Gasteiger charge is 2.31. The van der Waals surface area contributed by atoms with Gasteiger partial charge in [-0.2, -0.15) is 0 Å². The van der Waals surface area contributed by atoms with Crippen molar-refractivity contribution in [3.63, 3.8) is 0 Å². The van der Waals surface area contributed by atoms with Crippen molar-refractivity contribution in [3.8, 4) is 0 Å². The Balaban J connectivity index is 2.35. The number of carbonyl (C=O) groups is 2. The van der Waals surface area contributed by atoms with E-state index in [1.807, 2.05) is 56.3 Å². The third-order valence-corrected chi connectivity index (χ3v) is 4.66. The number of hydrogen-bond acceptors (Lipinski definition) is 3. The third-order valence-electron chi connectivity index (χ3n) is 4.40. The maximum Gasteiger partial charge on any atom is 0.243 e. The van der Waals surface area contributed by atoms with Gasteiger partial charge in [0.2, 0.25) is 11.8 Å². The van der Waals surface area contributed by atoms with Gasteiger partial charge < -0.3 is 15.3 Å². The summed E-state index contributed by atoms with van der Waals surface area (Å²) in [6, 6.07) is 16.2. The van der Waals surface area contributed by atoms with Crippen LogP contribution in [0.4, 0.5) is 0 Å². The second kappa shape index (κ2) is 10.8. The Hall–Kier alpha value is -2.37. The molecule has 0 spiro atoms. The van der Waals surface area contributed by atoms with E-state index in [9.17, 15) is 9.59 Å². The highest BCUT2D eigenvalue weighted by Crippen LogP contribution is 2.18. The van der Waals surface area contributed by atoms with Gasteiger partial charge in [0, 0.05) is 30.5 Å². The first-order chi connectivity index (χ1) is 13.4. The monoisotopic (exact) mass is 402 g/mol. The summed E-state index contributed by atoms with van der Waals surface area (Å²) in [6.45, 7) is 3.94. The van der Waals surface area contributed by atoms with E-state index in [0.29, 0.717) is 18.0 Å². The summed E-state index contributed by atoms with van der Waals surface area (Å²) < 4.78 is 0. The van der Waals surface area contributed by atoms with Gasteiger partial charge in [-0.15, -0.1) is 0 Å². The quantitative estimate of drug-likeness (QED) is 0.677. The molecule has 1 atom stereocenters. The number of aliphatic hydroxyl groups excluding tert-OH is 1. The molecule has 0 heterocycles. The van der Waals surface area contributed by atoms with Crippen molar-refractivity contribution in [1.29, 1.82) is 0 Å². The summed E-state index contributed by atoms with van der Waals surface area (Å²) in [5, 5.41) is 12.4. The van der Waals surface area contributed by atoms with E-state index in [-0.39, 0.29) is 30.9 Å². The van der Waals surface area contributed by atoms with Crippen LogP contribution < -0.4 is 5.32 Å². The lowest BCUT2D eigenvalue weighted by Crippen LogP contribution is -2.52. The van der Waals surface area contributed by atoms with Crippen LogP contribution in [0.5, 0.6) is 0 Å². The van der Waals surface area contributed by atoms with Gasteiger partial charge in [0.25, 0.3) is 0 Å². The summed E-state index contributed by atoms with van der Waals surface area (Å²) in [6.07, 6.45) is 0.393. The first-order valence-corrected chi connectivity index (χ1v) is 9.77. The molecule has 0 aliphatic heterocycles. The second-order valence-electron chi connectivity index (χ2n) is 6.97. The van der Waals surface area contributed by atoms with Crippen molar-refractivity contribution in [3.05, 3.63) is 70.7 Å². The van der Waals surface area contributed by atoms with Crippen molar-refractivity contribution >= 4 is 23.4 Å². The Morgan fingerprint density at radius 2 is 1.68 bits per heavy atom. The van der Waals surface area contributed by atoms with Crippen LogP contribution >= 0.6 is 11.6 Å². The number of aliphatic hydroxyl groups is 1. The van der Waals surface area contributed by atoms with Crippen LogP contribution in [0.3, 0.4) is 0 Å². The average Bonchev–Trinajstić information content (AvgIpc) is 2.70. The molecule has 2 aromatic carbocycles. The summed E-state index contributed by atoms with van der Waals surface area (Å²) >= 11 is 5.97. The smallest absolute Gasteiger partial charge is 0.243 e.